The zero-order valence-corrected chi connectivity index (χ0v) is 28.8. The lowest BCUT2D eigenvalue weighted by molar-refractivity contribution is -0.160. The zero-order valence-electron chi connectivity index (χ0n) is 28.8. The Bertz CT molecular complexity index is 1500. The van der Waals surface area contributed by atoms with Gasteiger partial charge in [0, 0.05) is 56.0 Å². The number of rotatable bonds is 11. The summed E-state index contributed by atoms with van der Waals surface area (Å²) in [5.41, 5.74) is 5.53. The summed E-state index contributed by atoms with van der Waals surface area (Å²) in [4.78, 5) is 22.8. The van der Waals surface area contributed by atoms with Crippen LogP contribution in [-0.2, 0) is 27.2 Å². The van der Waals surface area contributed by atoms with Gasteiger partial charge in [-0.3, -0.25) is 9.88 Å². The third kappa shape index (κ3) is 9.09. The van der Waals surface area contributed by atoms with Gasteiger partial charge in [0.15, 0.2) is 6.10 Å². The van der Waals surface area contributed by atoms with E-state index in [1.165, 1.54) is 12.1 Å². The molecule has 2 aliphatic rings. The van der Waals surface area contributed by atoms with Crippen LogP contribution in [0.25, 0.3) is 11.1 Å². The lowest BCUT2D eigenvalue weighted by Gasteiger charge is -2.41. The molecule has 1 N–H and O–H groups in total. The van der Waals surface area contributed by atoms with E-state index in [0.717, 1.165) is 72.8 Å². The van der Waals surface area contributed by atoms with Gasteiger partial charge in [-0.25, -0.2) is 9.18 Å². The van der Waals surface area contributed by atoms with Crippen molar-refractivity contribution >= 4 is 11.7 Å². The van der Waals surface area contributed by atoms with Gasteiger partial charge in [0.25, 0.3) is 0 Å². The van der Waals surface area contributed by atoms with Crippen LogP contribution in [0.1, 0.15) is 76.1 Å². The van der Waals surface area contributed by atoms with Crippen LogP contribution >= 0.6 is 0 Å². The van der Waals surface area contributed by atoms with Crippen LogP contribution in [0.3, 0.4) is 0 Å². The Morgan fingerprint density at radius 2 is 1.66 bits per heavy atom. The Balaban J connectivity index is 1.58. The maximum absolute atomic E-state index is 13.3. The Labute approximate surface area is 278 Å². The van der Waals surface area contributed by atoms with Crippen LogP contribution < -0.4 is 9.64 Å². The molecule has 2 aliphatic heterocycles. The second-order valence-corrected chi connectivity index (χ2v) is 14.5. The number of hydrogen-bond donors (Lipinski definition) is 1. The third-order valence-corrected chi connectivity index (χ3v) is 9.06. The van der Waals surface area contributed by atoms with Crippen LogP contribution in [-0.4, -0.2) is 72.6 Å². The summed E-state index contributed by atoms with van der Waals surface area (Å²) in [7, 11) is 0. The fourth-order valence-electron chi connectivity index (χ4n) is 6.37. The number of ether oxygens (including phenoxy) is 3. The van der Waals surface area contributed by atoms with Crippen LogP contribution in [0.2, 0.25) is 0 Å². The van der Waals surface area contributed by atoms with Crippen molar-refractivity contribution < 1.29 is 28.5 Å². The molecular formula is C38H50FN3O5. The number of aromatic nitrogens is 1. The number of carboxylic acid groups (broad SMARTS) is 1. The van der Waals surface area contributed by atoms with Gasteiger partial charge in [-0.2, -0.15) is 0 Å². The number of morpholine rings is 1. The molecule has 1 aromatic heterocycles. The fourth-order valence-corrected chi connectivity index (χ4v) is 6.37. The third-order valence-electron chi connectivity index (χ3n) is 9.06. The average molecular weight is 648 g/mol. The minimum Gasteiger partial charge on any atom is -0.493 e. The number of aliphatic carboxylic acids is 1. The standard InChI is InChI=1S/C38H50FN3O5/c1-26-32(35(36(43)44)47-37(2,3)4)34(42-18-16-38(5,6)17-19-42)33(31(40-26)25-41-20-23-45-24-21-41)28-9-13-30(14-10-28)46-22-15-27-7-11-29(39)12-8-27/h7-14,35H,15-25H2,1-6H3,(H,43,44). The van der Waals surface area contributed by atoms with Crippen molar-refractivity contribution in [3.63, 3.8) is 0 Å². The summed E-state index contributed by atoms with van der Waals surface area (Å²) in [6, 6.07) is 14.5. The lowest BCUT2D eigenvalue weighted by Crippen LogP contribution is -2.40. The number of carbonyl (C=O) groups is 1. The Morgan fingerprint density at radius 1 is 1.02 bits per heavy atom. The SMILES string of the molecule is Cc1nc(CN2CCOCC2)c(-c2ccc(OCCc3ccc(F)cc3)cc2)c(N2CCC(C)(C)CC2)c1C(OC(C)(C)C)C(=O)O. The van der Waals surface area contributed by atoms with Crippen molar-refractivity contribution in [1.29, 1.82) is 0 Å². The first-order valence-corrected chi connectivity index (χ1v) is 16.8. The highest BCUT2D eigenvalue weighted by molar-refractivity contribution is 5.88. The summed E-state index contributed by atoms with van der Waals surface area (Å²) in [6.45, 7) is 17.8. The van der Waals surface area contributed by atoms with E-state index in [1.807, 2.05) is 52.0 Å². The smallest absolute Gasteiger partial charge is 0.337 e. The number of hydrogen-bond acceptors (Lipinski definition) is 7. The van der Waals surface area contributed by atoms with E-state index in [0.29, 0.717) is 44.0 Å². The van der Waals surface area contributed by atoms with Gasteiger partial charge in [-0.1, -0.05) is 38.1 Å². The predicted octanol–water partition coefficient (Wildman–Crippen LogP) is 7.22. The Hall–Kier alpha value is -3.53. The molecule has 47 heavy (non-hydrogen) atoms. The second kappa shape index (κ2) is 14.7. The first-order valence-electron chi connectivity index (χ1n) is 16.8. The van der Waals surface area contributed by atoms with Gasteiger partial charge in [0.05, 0.1) is 36.8 Å². The van der Waals surface area contributed by atoms with Crippen LogP contribution in [0, 0.1) is 18.2 Å². The summed E-state index contributed by atoms with van der Waals surface area (Å²) in [6.07, 6.45) is 1.46. The monoisotopic (exact) mass is 647 g/mol. The van der Waals surface area contributed by atoms with Crippen molar-refractivity contribution in [3.05, 3.63) is 76.9 Å². The molecule has 1 atom stereocenters. The number of benzene rings is 2. The molecular weight excluding hydrogens is 597 g/mol. The maximum atomic E-state index is 13.3. The molecule has 2 aromatic carbocycles. The molecule has 0 bridgehead atoms. The summed E-state index contributed by atoms with van der Waals surface area (Å²) >= 11 is 0. The van der Waals surface area contributed by atoms with E-state index in [4.69, 9.17) is 19.2 Å². The average Bonchev–Trinajstić information content (AvgIpc) is 3.01. The van der Waals surface area contributed by atoms with Gasteiger partial charge in [-0.05, 0) is 81.3 Å². The molecule has 8 nitrogen and oxygen atoms in total. The van der Waals surface area contributed by atoms with Gasteiger partial charge < -0.3 is 24.2 Å². The Morgan fingerprint density at radius 3 is 2.26 bits per heavy atom. The summed E-state index contributed by atoms with van der Waals surface area (Å²) in [5, 5.41) is 10.6. The molecule has 0 amide bonds. The van der Waals surface area contributed by atoms with Crippen molar-refractivity contribution in [2.45, 2.75) is 79.1 Å². The largest absolute Gasteiger partial charge is 0.493 e. The van der Waals surface area contributed by atoms with Crippen molar-refractivity contribution in [2.24, 2.45) is 5.41 Å². The molecule has 2 saturated heterocycles. The first-order chi connectivity index (χ1) is 22.3. The number of nitrogens with zero attached hydrogens (tertiary/aromatic N) is 3. The Kier molecular flexibility index (Phi) is 10.9. The molecule has 5 rings (SSSR count). The molecule has 254 valence electrons. The topological polar surface area (TPSA) is 84.4 Å². The normalized spacial score (nSPS) is 17.8. The van der Waals surface area contributed by atoms with E-state index in [9.17, 15) is 14.3 Å². The second-order valence-electron chi connectivity index (χ2n) is 14.5. The first kappa shape index (κ1) is 34.8. The van der Waals surface area contributed by atoms with E-state index in [2.05, 4.69) is 23.6 Å². The number of carboxylic acids is 1. The zero-order chi connectivity index (χ0) is 33.8. The predicted molar refractivity (Wildman–Crippen MR) is 183 cm³/mol. The number of aryl methyl sites for hydroxylation is 1. The molecule has 2 fully saturated rings. The minimum atomic E-state index is -1.18. The van der Waals surface area contributed by atoms with E-state index < -0.39 is 17.7 Å². The highest BCUT2D eigenvalue weighted by Crippen LogP contribution is 2.45. The highest BCUT2D eigenvalue weighted by Gasteiger charge is 2.37. The fraction of sp³-hybridized carbons (Fsp3) is 0.526. The van der Waals surface area contributed by atoms with E-state index in [1.54, 1.807) is 12.1 Å². The number of anilines is 1. The minimum absolute atomic E-state index is 0.205. The molecule has 0 radical (unpaired) electrons. The number of pyridine rings is 1. The molecule has 1 unspecified atom stereocenters. The highest BCUT2D eigenvalue weighted by atomic mass is 19.1. The quantitative estimate of drug-likeness (QED) is 0.234. The molecule has 0 spiro atoms. The van der Waals surface area contributed by atoms with Crippen LogP contribution in [0.4, 0.5) is 10.1 Å². The van der Waals surface area contributed by atoms with Gasteiger partial charge in [0.1, 0.15) is 11.6 Å². The van der Waals surface area contributed by atoms with Crippen LogP contribution in [0.15, 0.2) is 48.5 Å². The molecule has 9 heteroatoms. The van der Waals surface area contributed by atoms with E-state index >= 15 is 0 Å². The molecule has 3 aromatic rings. The van der Waals surface area contributed by atoms with Crippen molar-refractivity contribution in [3.8, 4) is 16.9 Å². The number of halogens is 1. The summed E-state index contributed by atoms with van der Waals surface area (Å²) < 4.78 is 31.3. The number of piperidine rings is 1. The van der Waals surface area contributed by atoms with Crippen molar-refractivity contribution in [1.82, 2.24) is 9.88 Å². The van der Waals surface area contributed by atoms with Crippen LogP contribution in [0.5, 0.6) is 5.75 Å². The summed E-state index contributed by atoms with van der Waals surface area (Å²) in [5.74, 6) is -0.550. The van der Waals surface area contributed by atoms with Gasteiger partial charge in [0.2, 0.25) is 0 Å². The van der Waals surface area contributed by atoms with Gasteiger partial charge >= 0.3 is 5.97 Å². The molecule has 0 saturated carbocycles. The molecule has 3 heterocycles. The maximum Gasteiger partial charge on any atom is 0.337 e. The van der Waals surface area contributed by atoms with Crippen molar-refractivity contribution in [2.75, 3.05) is 50.9 Å². The molecule has 0 aliphatic carbocycles. The van der Waals surface area contributed by atoms with E-state index in [-0.39, 0.29) is 11.2 Å². The van der Waals surface area contributed by atoms with Gasteiger partial charge in [-0.15, -0.1) is 0 Å². The lowest BCUT2D eigenvalue weighted by atomic mass is 9.81.